The number of benzene rings is 2. The molecule has 0 bridgehead atoms. The van der Waals surface area contributed by atoms with E-state index in [0.717, 1.165) is 16.9 Å². The molecule has 0 spiro atoms. The van der Waals surface area contributed by atoms with Gasteiger partial charge in [-0.3, -0.25) is 0 Å². The molecule has 1 aromatic heterocycles. The summed E-state index contributed by atoms with van der Waals surface area (Å²) in [7, 11) is 0. The van der Waals surface area contributed by atoms with Gasteiger partial charge >= 0.3 is 0 Å². The van der Waals surface area contributed by atoms with Crippen molar-refractivity contribution in [2.45, 2.75) is 6.92 Å². The highest BCUT2D eigenvalue weighted by Crippen LogP contribution is 2.19. The van der Waals surface area contributed by atoms with Gasteiger partial charge in [0.15, 0.2) is 0 Å². The fourth-order valence-corrected chi connectivity index (χ4v) is 2.04. The lowest BCUT2D eigenvalue weighted by Gasteiger charge is -2.00. The Bertz CT molecular complexity index is 796. The summed E-state index contributed by atoms with van der Waals surface area (Å²) >= 11 is 0. The fourth-order valence-electron chi connectivity index (χ4n) is 2.04. The standard InChI is InChI=1S/C16H12N4/c1-12-4-2-7-15(8-12)20-11-16(18-19-20)14-6-3-5-13(9-14)10-17/h2-9,11H,1H3. The average molecular weight is 260 g/mol. The maximum atomic E-state index is 8.93. The van der Waals surface area contributed by atoms with Gasteiger partial charge in [0.2, 0.25) is 0 Å². The Hall–Kier alpha value is -2.93. The van der Waals surface area contributed by atoms with Gasteiger partial charge in [0.05, 0.1) is 23.5 Å². The van der Waals surface area contributed by atoms with E-state index in [1.165, 1.54) is 5.56 Å². The highest BCUT2D eigenvalue weighted by molar-refractivity contribution is 5.60. The van der Waals surface area contributed by atoms with Crippen LogP contribution in [0.1, 0.15) is 11.1 Å². The third kappa shape index (κ3) is 2.29. The molecule has 4 heteroatoms. The SMILES string of the molecule is Cc1cccc(-n2cc(-c3cccc(C#N)c3)nn2)c1. The first-order chi connectivity index (χ1) is 9.76. The summed E-state index contributed by atoms with van der Waals surface area (Å²) in [5.74, 6) is 0. The summed E-state index contributed by atoms with van der Waals surface area (Å²) in [5, 5.41) is 17.2. The lowest BCUT2D eigenvalue weighted by molar-refractivity contribution is 0.803. The Morgan fingerprint density at radius 2 is 1.95 bits per heavy atom. The molecule has 0 amide bonds. The number of rotatable bonds is 2. The maximum Gasteiger partial charge on any atom is 0.113 e. The fraction of sp³-hybridized carbons (Fsp3) is 0.0625. The van der Waals surface area contributed by atoms with Crippen LogP contribution >= 0.6 is 0 Å². The minimum absolute atomic E-state index is 0.618. The molecule has 96 valence electrons. The predicted octanol–water partition coefficient (Wildman–Crippen LogP) is 3.11. The number of aromatic nitrogens is 3. The van der Waals surface area contributed by atoms with Crippen molar-refractivity contribution in [3.05, 3.63) is 65.9 Å². The van der Waals surface area contributed by atoms with Crippen LogP contribution < -0.4 is 0 Å². The van der Waals surface area contributed by atoms with Gasteiger partial charge in [-0.15, -0.1) is 5.10 Å². The van der Waals surface area contributed by atoms with Gasteiger partial charge in [-0.2, -0.15) is 5.26 Å². The summed E-state index contributed by atoms with van der Waals surface area (Å²) < 4.78 is 1.74. The smallest absolute Gasteiger partial charge is 0.113 e. The van der Waals surface area contributed by atoms with Gasteiger partial charge in [0.25, 0.3) is 0 Å². The van der Waals surface area contributed by atoms with E-state index < -0.39 is 0 Å². The first-order valence-electron chi connectivity index (χ1n) is 6.26. The summed E-state index contributed by atoms with van der Waals surface area (Å²) in [6.07, 6.45) is 1.87. The van der Waals surface area contributed by atoms with Gasteiger partial charge in [0.1, 0.15) is 5.69 Å². The molecule has 1 heterocycles. The molecule has 0 N–H and O–H groups in total. The highest BCUT2D eigenvalue weighted by Gasteiger charge is 2.06. The normalized spacial score (nSPS) is 10.2. The van der Waals surface area contributed by atoms with Crippen molar-refractivity contribution in [1.82, 2.24) is 15.0 Å². The molecule has 0 fully saturated rings. The van der Waals surface area contributed by atoms with Crippen LogP contribution in [0.3, 0.4) is 0 Å². The van der Waals surface area contributed by atoms with E-state index in [0.29, 0.717) is 5.56 Å². The van der Waals surface area contributed by atoms with E-state index in [4.69, 9.17) is 5.26 Å². The van der Waals surface area contributed by atoms with Crippen LogP contribution in [-0.4, -0.2) is 15.0 Å². The number of nitriles is 1. The van der Waals surface area contributed by atoms with E-state index in [2.05, 4.69) is 16.4 Å². The maximum absolute atomic E-state index is 8.93. The summed E-state index contributed by atoms with van der Waals surface area (Å²) in [4.78, 5) is 0. The topological polar surface area (TPSA) is 54.5 Å². The van der Waals surface area contributed by atoms with Crippen molar-refractivity contribution in [2.24, 2.45) is 0 Å². The average Bonchev–Trinajstić information content (AvgIpc) is 2.97. The molecule has 0 aliphatic carbocycles. The number of aryl methyl sites for hydroxylation is 1. The molecule has 2 aromatic carbocycles. The van der Waals surface area contributed by atoms with Crippen molar-refractivity contribution in [3.63, 3.8) is 0 Å². The Balaban J connectivity index is 2.00. The van der Waals surface area contributed by atoms with E-state index in [1.54, 1.807) is 10.7 Å². The quantitative estimate of drug-likeness (QED) is 0.711. The van der Waals surface area contributed by atoms with Gasteiger partial charge in [0, 0.05) is 5.56 Å². The van der Waals surface area contributed by atoms with Crippen LogP contribution in [0, 0.1) is 18.3 Å². The molecule has 0 saturated heterocycles. The van der Waals surface area contributed by atoms with Gasteiger partial charge < -0.3 is 0 Å². The molecular weight excluding hydrogens is 248 g/mol. The second-order valence-corrected chi connectivity index (χ2v) is 4.58. The van der Waals surface area contributed by atoms with E-state index in [9.17, 15) is 0 Å². The van der Waals surface area contributed by atoms with Crippen molar-refractivity contribution >= 4 is 0 Å². The zero-order chi connectivity index (χ0) is 13.9. The summed E-state index contributed by atoms with van der Waals surface area (Å²) in [5.41, 5.74) is 4.41. The molecule has 3 rings (SSSR count). The molecule has 0 unspecified atom stereocenters. The van der Waals surface area contributed by atoms with Gasteiger partial charge in [-0.05, 0) is 36.8 Å². The lowest BCUT2D eigenvalue weighted by atomic mass is 10.1. The molecular formula is C16H12N4. The molecule has 3 aromatic rings. The number of hydrogen-bond donors (Lipinski definition) is 0. The van der Waals surface area contributed by atoms with Crippen LogP contribution in [0.5, 0.6) is 0 Å². The van der Waals surface area contributed by atoms with Crippen molar-refractivity contribution in [1.29, 1.82) is 5.26 Å². The number of nitrogens with zero attached hydrogens (tertiary/aromatic N) is 4. The van der Waals surface area contributed by atoms with E-state index in [-0.39, 0.29) is 0 Å². The molecule has 0 atom stereocenters. The number of hydrogen-bond acceptors (Lipinski definition) is 3. The summed E-state index contributed by atoms with van der Waals surface area (Å²) in [6.45, 7) is 2.04. The molecule has 0 radical (unpaired) electrons. The zero-order valence-electron chi connectivity index (χ0n) is 11.0. The van der Waals surface area contributed by atoms with E-state index >= 15 is 0 Å². The molecule has 0 aliphatic rings. The Labute approximate surface area is 116 Å². The minimum Gasteiger partial charge on any atom is -0.220 e. The first-order valence-corrected chi connectivity index (χ1v) is 6.26. The minimum atomic E-state index is 0.618. The van der Waals surface area contributed by atoms with Gasteiger partial charge in [-0.1, -0.05) is 29.5 Å². The molecule has 20 heavy (non-hydrogen) atoms. The molecule has 0 aliphatic heterocycles. The predicted molar refractivity (Wildman–Crippen MR) is 76.2 cm³/mol. The van der Waals surface area contributed by atoms with Crippen LogP contribution in [0.2, 0.25) is 0 Å². The van der Waals surface area contributed by atoms with Crippen LogP contribution in [-0.2, 0) is 0 Å². The molecule has 4 nitrogen and oxygen atoms in total. The Kier molecular flexibility index (Phi) is 3.02. The molecule has 0 saturated carbocycles. The largest absolute Gasteiger partial charge is 0.220 e. The highest BCUT2D eigenvalue weighted by atomic mass is 15.4. The Morgan fingerprint density at radius 3 is 2.75 bits per heavy atom. The van der Waals surface area contributed by atoms with Gasteiger partial charge in [-0.25, -0.2) is 4.68 Å². The van der Waals surface area contributed by atoms with E-state index in [1.807, 2.05) is 55.6 Å². The zero-order valence-corrected chi connectivity index (χ0v) is 11.0. The second kappa shape index (κ2) is 4.98. The monoisotopic (exact) mass is 260 g/mol. The third-order valence-corrected chi connectivity index (χ3v) is 3.05. The lowest BCUT2D eigenvalue weighted by Crippen LogP contribution is -1.94. The van der Waals surface area contributed by atoms with Crippen LogP contribution in [0.15, 0.2) is 54.7 Å². The van der Waals surface area contributed by atoms with Crippen molar-refractivity contribution in [3.8, 4) is 23.0 Å². The Morgan fingerprint density at radius 1 is 1.10 bits per heavy atom. The van der Waals surface area contributed by atoms with Crippen molar-refractivity contribution in [2.75, 3.05) is 0 Å². The second-order valence-electron chi connectivity index (χ2n) is 4.58. The van der Waals surface area contributed by atoms with Crippen molar-refractivity contribution < 1.29 is 0 Å². The van der Waals surface area contributed by atoms with Crippen LogP contribution in [0.4, 0.5) is 0 Å². The third-order valence-electron chi connectivity index (χ3n) is 3.05. The first kappa shape index (κ1) is 12.1. The van der Waals surface area contributed by atoms with Crippen LogP contribution in [0.25, 0.3) is 16.9 Å². The summed E-state index contributed by atoms with van der Waals surface area (Å²) in [6, 6.07) is 17.5.